The van der Waals surface area contributed by atoms with E-state index in [0.717, 1.165) is 28.8 Å². The highest BCUT2D eigenvalue weighted by Crippen LogP contribution is 2.22. The van der Waals surface area contributed by atoms with E-state index in [2.05, 4.69) is 33.5 Å². The molecule has 0 saturated carbocycles. The van der Waals surface area contributed by atoms with E-state index in [1.807, 2.05) is 24.3 Å². The molecule has 110 valence electrons. The molecule has 0 atom stereocenters. The van der Waals surface area contributed by atoms with E-state index in [4.69, 9.17) is 11.6 Å². The van der Waals surface area contributed by atoms with Crippen LogP contribution in [-0.2, 0) is 6.54 Å². The van der Waals surface area contributed by atoms with Gasteiger partial charge in [-0.25, -0.2) is 0 Å². The van der Waals surface area contributed by atoms with Gasteiger partial charge in [-0.1, -0.05) is 46.6 Å². The molecule has 0 spiro atoms. The molecular weight excluding hydrogens is 352 g/mol. The molecule has 1 amide bonds. The van der Waals surface area contributed by atoms with Gasteiger partial charge < -0.3 is 10.6 Å². The summed E-state index contributed by atoms with van der Waals surface area (Å²) in [6.45, 7) is 3.74. The first-order chi connectivity index (χ1) is 10.1. The Bertz CT molecular complexity index is 646. The predicted molar refractivity (Wildman–Crippen MR) is 90.9 cm³/mol. The lowest BCUT2D eigenvalue weighted by atomic mass is 10.1. The molecule has 0 aromatic heterocycles. The number of anilines is 1. The maximum absolute atomic E-state index is 12.2. The predicted octanol–water partition coefficient (Wildman–Crippen LogP) is 4.46. The lowest BCUT2D eigenvalue weighted by Gasteiger charge is -2.09. The van der Waals surface area contributed by atoms with E-state index in [-0.39, 0.29) is 5.91 Å². The lowest BCUT2D eigenvalue weighted by Crippen LogP contribution is -2.14. The first-order valence-electron chi connectivity index (χ1n) is 6.66. The van der Waals surface area contributed by atoms with Crippen molar-refractivity contribution in [2.75, 3.05) is 11.9 Å². The van der Waals surface area contributed by atoms with Crippen LogP contribution < -0.4 is 10.6 Å². The zero-order valence-electron chi connectivity index (χ0n) is 11.6. The van der Waals surface area contributed by atoms with Crippen molar-refractivity contribution in [2.24, 2.45) is 0 Å². The Kier molecular flexibility index (Phi) is 5.79. The monoisotopic (exact) mass is 366 g/mol. The average Bonchev–Trinajstić information content (AvgIpc) is 2.45. The molecule has 3 nitrogen and oxygen atoms in total. The Labute approximate surface area is 137 Å². The molecular formula is C16H16BrClN2O. The number of carbonyl (C=O) groups is 1. The molecule has 2 aromatic carbocycles. The molecule has 0 aliphatic rings. The Morgan fingerprint density at radius 1 is 1.24 bits per heavy atom. The molecule has 0 aliphatic heterocycles. The van der Waals surface area contributed by atoms with Crippen LogP contribution >= 0.6 is 27.5 Å². The minimum atomic E-state index is -0.215. The van der Waals surface area contributed by atoms with Crippen LogP contribution in [0, 0.1) is 0 Å². The van der Waals surface area contributed by atoms with Crippen LogP contribution in [0.5, 0.6) is 0 Å². The fourth-order valence-electron chi connectivity index (χ4n) is 1.90. The third kappa shape index (κ3) is 4.56. The zero-order valence-corrected chi connectivity index (χ0v) is 14.0. The van der Waals surface area contributed by atoms with Gasteiger partial charge in [0.2, 0.25) is 0 Å². The fourth-order valence-corrected chi connectivity index (χ4v) is 2.66. The largest absolute Gasteiger partial charge is 0.322 e. The molecule has 5 heteroatoms. The Morgan fingerprint density at radius 2 is 2.05 bits per heavy atom. The fraction of sp³-hybridized carbons (Fsp3) is 0.188. The highest BCUT2D eigenvalue weighted by molar-refractivity contribution is 9.10. The van der Waals surface area contributed by atoms with Crippen LogP contribution in [0.3, 0.4) is 0 Å². The summed E-state index contributed by atoms with van der Waals surface area (Å²) in [7, 11) is 0. The molecule has 0 fully saturated rings. The summed E-state index contributed by atoms with van der Waals surface area (Å²) in [6, 6.07) is 13.0. The lowest BCUT2D eigenvalue weighted by molar-refractivity contribution is 0.102. The van der Waals surface area contributed by atoms with Crippen molar-refractivity contribution in [3.63, 3.8) is 0 Å². The summed E-state index contributed by atoms with van der Waals surface area (Å²) in [5.74, 6) is -0.215. The standard InChI is InChI=1S/C16H16BrClN2O/c1-2-19-10-11-4-3-5-13(8-11)20-16(21)14-7-6-12(17)9-15(14)18/h3-9,19H,2,10H2,1H3,(H,20,21). The summed E-state index contributed by atoms with van der Waals surface area (Å²) in [5, 5.41) is 6.54. The topological polar surface area (TPSA) is 41.1 Å². The van der Waals surface area contributed by atoms with Crippen molar-refractivity contribution in [3.05, 3.63) is 63.1 Å². The van der Waals surface area contributed by atoms with Crippen LogP contribution in [0.15, 0.2) is 46.9 Å². The van der Waals surface area contributed by atoms with Gasteiger partial charge in [0.1, 0.15) is 0 Å². The van der Waals surface area contributed by atoms with Gasteiger partial charge in [0.25, 0.3) is 5.91 Å². The zero-order chi connectivity index (χ0) is 15.2. The van der Waals surface area contributed by atoms with Gasteiger partial charge >= 0.3 is 0 Å². The number of carbonyl (C=O) groups excluding carboxylic acids is 1. The van der Waals surface area contributed by atoms with E-state index >= 15 is 0 Å². The SMILES string of the molecule is CCNCc1cccc(NC(=O)c2ccc(Br)cc2Cl)c1. The van der Waals surface area contributed by atoms with E-state index in [1.165, 1.54) is 0 Å². The van der Waals surface area contributed by atoms with Crippen molar-refractivity contribution in [3.8, 4) is 0 Å². The molecule has 0 aliphatic carbocycles. The summed E-state index contributed by atoms with van der Waals surface area (Å²) >= 11 is 9.41. The smallest absolute Gasteiger partial charge is 0.257 e. The van der Waals surface area contributed by atoms with E-state index in [1.54, 1.807) is 18.2 Å². The summed E-state index contributed by atoms with van der Waals surface area (Å²) in [4.78, 5) is 12.2. The van der Waals surface area contributed by atoms with Crippen molar-refractivity contribution >= 4 is 39.1 Å². The molecule has 2 aromatic rings. The first kappa shape index (κ1) is 16.0. The Morgan fingerprint density at radius 3 is 2.76 bits per heavy atom. The molecule has 2 rings (SSSR count). The number of halogens is 2. The van der Waals surface area contributed by atoms with Crippen LogP contribution in [0.1, 0.15) is 22.8 Å². The van der Waals surface area contributed by atoms with Gasteiger partial charge in [-0.05, 0) is 42.4 Å². The number of amides is 1. The quantitative estimate of drug-likeness (QED) is 0.819. The van der Waals surface area contributed by atoms with Gasteiger partial charge in [-0.3, -0.25) is 4.79 Å². The second-order valence-electron chi connectivity index (χ2n) is 4.56. The summed E-state index contributed by atoms with van der Waals surface area (Å²) in [6.07, 6.45) is 0. The Hall–Kier alpha value is -1.36. The number of benzene rings is 2. The average molecular weight is 368 g/mol. The molecule has 0 unspecified atom stereocenters. The van der Waals surface area contributed by atoms with E-state index in [9.17, 15) is 4.79 Å². The van der Waals surface area contributed by atoms with E-state index < -0.39 is 0 Å². The summed E-state index contributed by atoms with van der Waals surface area (Å²) < 4.78 is 0.844. The Balaban J connectivity index is 2.12. The number of hydrogen-bond donors (Lipinski definition) is 2. The van der Waals surface area contributed by atoms with Gasteiger partial charge in [0.05, 0.1) is 10.6 Å². The molecule has 2 N–H and O–H groups in total. The van der Waals surface area contributed by atoms with Gasteiger partial charge in [-0.2, -0.15) is 0 Å². The number of nitrogens with one attached hydrogen (secondary N) is 2. The third-order valence-electron chi connectivity index (χ3n) is 2.94. The van der Waals surface area contributed by atoms with Crippen LogP contribution in [-0.4, -0.2) is 12.5 Å². The van der Waals surface area contributed by atoms with Crippen molar-refractivity contribution in [1.29, 1.82) is 0 Å². The highest BCUT2D eigenvalue weighted by Gasteiger charge is 2.11. The van der Waals surface area contributed by atoms with Gasteiger partial charge in [-0.15, -0.1) is 0 Å². The minimum Gasteiger partial charge on any atom is -0.322 e. The van der Waals surface area contributed by atoms with Gasteiger partial charge in [0, 0.05) is 16.7 Å². The molecule has 0 heterocycles. The molecule has 0 radical (unpaired) electrons. The number of rotatable bonds is 5. The van der Waals surface area contributed by atoms with Gasteiger partial charge in [0.15, 0.2) is 0 Å². The normalized spacial score (nSPS) is 10.4. The van der Waals surface area contributed by atoms with Crippen LogP contribution in [0.25, 0.3) is 0 Å². The molecule has 21 heavy (non-hydrogen) atoms. The maximum atomic E-state index is 12.2. The molecule has 0 bridgehead atoms. The first-order valence-corrected chi connectivity index (χ1v) is 7.83. The van der Waals surface area contributed by atoms with E-state index in [0.29, 0.717) is 10.6 Å². The second kappa shape index (κ2) is 7.59. The minimum absolute atomic E-state index is 0.215. The van der Waals surface area contributed by atoms with Crippen LogP contribution in [0.4, 0.5) is 5.69 Å². The number of hydrogen-bond acceptors (Lipinski definition) is 2. The maximum Gasteiger partial charge on any atom is 0.257 e. The van der Waals surface area contributed by atoms with Crippen molar-refractivity contribution < 1.29 is 4.79 Å². The summed E-state index contributed by atoms with van der Waals surface area (Å²) in [5.41, 5.74) is 2.34. The second-order valence-corrected chi connectivity index (χ2v) is 5.88. The van der Waals surface area contributed by atoms with Crippen molar-refractivity contribution in [1.82, 2.24) is 5.32 Å². The highest BCUT2D eigenvalue weighted by atomic mass is 79.9. The molecule has 0 saturated heterocycles. The van der Waals surface area contributed by atoms with Crippen LogP contribution in [0.2, 0.25) is 5.02 Å². The van der Waals surface area contributed by atoms with Crippen molar-refractivity contribution in [2.45, 2.75) is 13.5 Å². The third-order valence-corrected chi connectivity index (χ3v) is 3.75.